The van der Waals surface area contributed by atoms with Crippen LogP contribution in [-0.2, 0) is 6.42 Å². The molecule has 0 bridgehead atoms. The quantitative estimate of drug-likeness (QED) is 0.570. The molecule has 0 aliphatic carbocycles. The minimum atomic E-state index is -0.0838. The van der Waals surface area contributed by atoms with Crippen molar-refractivity contribution < 1.29 is 14.3 Å². The van der Waals surface area contributed by atoms with E-state index in [0.29, 0.717) is 36.8 Å². The zero-order chi connectivity index (χ0) is 21.2. The molecule has 5 nitrogen and oxygen atoms in total. The monoisotopic (exact) mass is 410 g/mol. The van der Waals surface area contributed by atoms with Crippen LogP contribution in [0.15, 0.2) is 42.5 Å². The summed E-state index contributed by atoms with van der Waals surface area (Å²) in [4.78, 5) is 15.0. The topological polar surface area (TPSA) is 50.8 Å². The predicted octanol–water partition coefficient (Wildman–Crippen LogP) is 4.84. The van der Waals surface area contributed by atoms with Gasteiger partial charge in [-0.2, -0.15) is 0 Å². The summed E-state index contributed by atoms with van der Waals surface area (Å²) in [7, 11) is 0. The van der Waals surface area contributed by atoms with Crippen molar-refractivity contribution in [1.29, 1.82) is 0 Å². The molecular formula is C25H34N2O3. The summed E-state index contributed by atoms with van der Waals surface area (Å²) in [5.74, 6) is 1.20. The van der Waals surface area contributed by atoms with Crippen molar-refractivity contribution in [3.05, 3.63) is 53.6 Å². The van der Waals surface area contributed by atoms with Gasteiger partial charge in [0.15, 0.2) is 11.5 Å². The lowest BCUT2D eigenvalue weighted by atomic mass is 10.1. The maximum Gasteiger partial charge on any atom is 0.251 e. The highest BCUT2D eigenvalue weighted by Gasteiger charge is 2.12. The van der Waals surface area contributed by atoms with Gasteiger partial charge in [-0.1, -0.05) is 12.1 Å². The summed E-state index contributed by atoms with van der Waals surface area (Å²) in [6, 6.07) is 14.2. The first-order chi connectivity index (χ1) is 14.7. The van der Waals surface area contributed by atoms with Crippen molar-refractivity contribution in [1.82, 2.24) is 5.32 Å². The van der Waals surface area contributed by atoms with Gasteiger partial charge in [0.05, 0.1) is 13.2 Å². The van der Waals surface area contributed by atoms with E-state index in [1.165, 1.54) is 43.6 Å². The summed E-state index contributed by atoms with van der Waals surface area (Å²) < 4.78 is 11.2. The number of nitrogens with one attached hydrogen (secondary N) is 1. The SMILES string of the molecule is CCOc1ccc(C(=O)NCCCc2ccc(N3CCCCC3)cc2)cc1OCC. The third-order valence-corrected chi connectivity index (χ3v) is 5.39. The minimum absolute atomic E-state index is 0.0838. The lowest BCUT2D eigenvalue weighted by Crippen LogP contribution is -2.29. The highest BCUT2D eigenvalue weighted by atomic mass is 16.5. The highest BCUT2D eigenvalue weighted by Crippen LogP contribution is 2.28. The molecule has 1 amide bonds. The molecule has 0 unspecified atom stereocenters. The molecule has 1 aliphatic heterocycles. The maximum atomic E-state index is 12.5. The number of aryl methyl sites for hydroxylation is 1. The number of benzene rings is 2. The number of piperidine rings is 1. The van der Waals surface area contributed by atoms with Gasteiger partial charge in [0, 0.05) is 30.9 Å². The first-order valence-corrected chi connectivity index (χ1v) is 11.2. The number of amides is 1. The van der Waals surface area contributed by atoms with Crippen LogP contribution in [-0.4, -0.2) is 38.8 Å². The second-order valence-electron chi connectivity index (χ2n) is 7.60. The lowest BCUT2D eigenvalue weighted by Gasteiger charge is -2.28. The minimum Gasteiger partial charge on any atom is -0.490 e. The van der Waals surface area contributed by atoms with Gasteiger partial charge in [-0.25, -0.2) is 0 Å². The number of ether oxygens (including phenoxy) is 2. The first kappa shape index (κ1) is 22.0. The Morgan fingerprint density at radius 1 is 0.933 bits per heavy atom. The zero-order valence-electron chi connectivity index (χ0n) is 18.3. The molecule has 2 aromatic carbocycles. The maximum absolute atomic E-state index is 12.5. The molecule has 3 rings (SSSR count). The Morgan fingerprint density at radius 2 is 1.63 bits per heavy atom. The molecule has 5 heteroatoms. The Hall–Kier alpha value is -2.69. The average molecular weight is 411 g/mol. The fourth-order valence-corrected chi connectivity index (χ4v) is 3.81. The van der Waals surface area contributed by atoms with Crippen LogP contribution in [0.1, 0.15) is 55.5 Å². The molecule has 0 radical (unpaired) electrons. The largest absolute Gasteiger partial charge is 0.490 e. The number of hydrogen-bond acceptors (Lipinski definition) is 4. The Labute approximate surface area is 180 Å². The molecule has 0 saturated carbocycles. The van der Waals surface area contributed by atoms with Gasteiger partial charge in [0.2, 0.25) is 0 Å². The molecule has 2 aromatic rings. The number of nitrogens with zero attached hydrogens (tertiary/aromatic N) is 1. The van der Waals surface area contributed by atoms with Crippen LogP contribution in [0.25, 0.3) is 0 Å². The van der Waals surface area contributed by atoms with E-state index in [-0.39, 0.29) is 5.91 Å². The van der Waals surface area contributed by atoms with Crippen molar-refractivity contribution in [2.24, 2.45) is 0 Å². The van der Waals surface area contributed by atoms with Crippen molar-refractivity contribution in [2.45, 2.75) is 46.0 Å². The average Bonchev–Trinajstić information content (AvgIpc) is 2.79. The van der Waals surface area contributed by atoms with E-state index in [4.69, 9.17) is 9.47 Å². The van der Waals surface area contributed by atoms with Crippen LogP contribution in [0.2, 0.25) is 0 Å². The Kier molecular flexibility index (Phi) is 8.42. The van der Waals surface area contributed by atoms with Gasteiger partial charge in [0.1, 0.15) is 0 Å². The third kappa shape index (κ3) is 6.15. The molecule has 1 saturated heterocycles. The molecule has 0 aromatic heterocycles. The van der Waals surface area contributed by atoms with Crippen LogP contribution < -0.4 is 19.7 Å². The number of rotatable bonds is 10. The lowest BCUT2D eigenvalue weighted by molar-refractivity contribution is 0.0952. The molecule has 0 atom stereocenters. The third-order valence-electron chi connectivity index (χ3n) is 5.39. The molecule has 30 heavy (non-hydrogen) atoms. The predicted molar refractivity (Wildman–Crippen MR) is 122 cm³/mol. The van der Waals surface area contributed by atoms with Crippen LogP contribution in [0.5, 0.6) is 11.5 Å². The summed E-state index contributed by atoms with van der Waals surface area (Å²) in [6.45, 7) is 7.92. The fourth-order valence-electron chi connectivity index (χ4n) is 3.81. The second kappa shape index (κ2) is 11.5. The van der Waals surface area contributed by atoms with Crippen molar-refractivity contribution in [2.75, 3.05) is 37.7 Å². The van der Waals surface area contributed by atoms with Crippen LogP contribution in [0.3, 0.4) is 0 Å². The highest BCUT2D eigenvalue weighted by molar-refractivity contribution is 5.94. The summed E-state index contributed by atoms with van der Waals surface area (Å²) in [5.41, 5.74) is 3.23. The standard InChI is InChI=1S/C25H34N2O3/c1-3-29-23-15-12-21(19-24(23)30-4-2)25(28)26-16-8-9-20-10-13-22(14-11-20)27-17-6-5-7-18-27/h10-15,19H,3-9,16-18H2,1-2H3,(H,26,28). The molecular weight excluding hydrogens is 376 g/mol. The van der Waals surface area contributed by atoms with Gasteiger partial charge in [-0.05, 0) is 81.8 Å². The van der Waals surface area contributed by atoms with Crippen LogP contribution in [0.4, 0.5) is 5.69 Å². The smallest absolute Gasteiger partial charge is 0.251 e. The van der Waals surface area contributed by atoms with Gasteiger partial charge in [-0.15, -0.1) is 0 Å². The first-order valence-electron chi connectivity index (χ1n) is 11.2. The molecule has 0 spiro atoms. The van der Waals surface area contributed by atoms with Crippen molar-refractivity contribution in [3.8, 4) is 11.5 Å². The summed E-state index contributed by atoms with van der Waals surface area (Å²) >= 11 is 0. The van der Waals surface area contributed by atoms with E-state index in [1.54, 1.807) is 18.2 Å². The molecule has 1 N–H and O–H groups in total. The second-order valence-corrected chi connectivity index (χ2v) is 7.60. The van der Waals surface area contributed by atoms with Crippen LogP contribution in [0, 0.1) is 0 Å². The molecule has 1 fully saturated rings. The molecule has 162 valence electrons. The van der Waals surface area contributed by atoms with Crippen LogP contribution >= 0.6 is 0 Å². The van der Waals surface area contributed by atoms with Gasteiger partial charge in [0.25, 0.3) is 5.91 Å². The van der Waals surface area contributed by atoms with E-state index < -0.39 is 0 Å². The summed E-state index contributed by atoms with van der Waals surface area (Å²) in [6.07, 6.45) is 5.80. The molecule has 1 heterocycles. The fraction of sp³-hybridized carbons (Fsp3) is 0.480. The zero-order valence-corrected chi connectivity index (χ0v) is 18.3. The molecule has 1 aliphatic rings. The van der Waals surface area contributed by atoms with E-state index in [9.17, 15) is 4.79 Å². The Bertz CT molecular complexity index is 799. The van der Waals surface area contributed by atoms with Gasteiger partial charge in [-0.3, -0.25) is 4.79 Å². The number of hydrogen-bond donors (Lipinski definition) is 1. The van der Waals surface area contributed by atoms with E-state index in [0.717, 1.165) is 12.8 Å². The number of anilines is 1. The van der Waals surface area contributed by atoms with E-state index in [2.05, 4.69) is 34.5 Å². The normalized spacial score (nSPS) is 13.7. The van der Waals surface area contributed by atoms with Gasteiger partial charge >= 0.3 is 0 Å². The van der Waals surface area contributed by atoms with Gasteiger partial charge < -0.3 is 19.7 Å². The van der Waals surface area contributed by atoms with E-state index in [1.807, 2.05) is 13.8 Å². The number of carbonyl (C=O) groups is 1. The van der Waals surface area contributed by atoms with E-state index >= 15 is 0 Å². The Balaban J connectivity index is 1.45. The van der Waals surface area contributed by atoms with Crippen molar-refractivity contribution >= 4 is 11.6 Å². The summed E-state index contributed by atoms with van der Waals surface area (Å²) in [5, 5.41) is 3.01. The Morgan fingerprint density at radius 3 is 2.33 bits per heavy atom. The van der Waals surface area contributed by atoms with Crippen molar-refractivity contribution in [3.63, 3.8) is 0 Å². The number of carbonyl (C=O) groups excluding carboxylic acids is 1.